The third kappa shape index (κ3) is 5.15. The van der Waals surface area contributed by atoms with Crippen LogP contribution in [0.5, 0.6) is 0 Å². The maximum absolute atomic E-state index is 5.07. The average Bonchev–Trinajstić information content (AvgIpc) is 3.96. The SMILES string of the molecule is c1ccc(-c2nc(-c3ccccc3)nc(-c3cccc4c3sc3ccc(-c5ccc6c(c5)sc5c(-n7c8ccccc8c8ccccc87)cccc56)cc34)n2)cc1. The van der Waals surface area contributed by atoms with Crippen LogP contribution in [-0.4, -0.2) is 19.5 Å². The van der Waals surface area contributed by atoms with E-state index < -0.39 is 0 Å². The van der Waals surface area contributed by atoms with Crippen molar-refractivity contribution in [2.75, 3.05) is 0 Å². The fourth-order valence-electron chi connectivity index (χ4n) is 8.40. The van der Waals surface area contributed by atoms with Crippen molar-refractivity contribution in [1.29, 1.82) is 0 Å². The number of rotatable bonds is 5. The molecule has 4 heterocycles. The van der Waals surface area contributed by atoms with Crippen LogP contribution in [0.3, 0.4) is 0 Å². The number of nitrogens with zero attached hydrogens (tertiary/aromatic N) is 4. The van der Waals surface area contributed by atoms with Crippen molar-refractivity contribution < 1.29 is 0 Å². The second kappa shape index (κ2) is 12.8. The fourth-order valence-corrected chi connectivity index (χ4v) is 10.8. The first-order valence-corrected chi connectivity index (χ1v) is 20.7. The van der Waals surface area contributed by atoms with Crippen molar-refractivity contribution in [3.63, 3.8) is 0 Å². The highest BCUT2D eigenvalue weighted by Gasteiger charge is 2.19. The molecule has 0 aliphatic heterocycles. The molecule has 0 bridgehead atoms. The molecule has 6 heteroatoms. The van der Waals surface area contributed by atoms with E-state index in [1.807, 2.05) is 47.7 Å². The third-order valence-corrected chi connectivity index (χ3v) is 13.5. The van der Waals surface area contributed by atoms with Gasteiger partial charge < -0.3 is 4.57 Å². The first-order chi connectivity index (χ1) is 28.2. The monoisotopic (exact) mass is 762 g/mol. The zero-order valence-corrected chi connectivity index (χ0v) is 32.1. The second-order valence-corrected chi connectivity index (χ2v) is 16.5. The van der Waals surface area contributed by atoms with Crippen molar-refractivity contribution in [3.05, 3.63) is 182 Å². The van der Waals surface area contributed by atoms with Gasteiger partial charge in [-0.15, -0.1) is 22.7 Å². The van der Waals surface area contributed by atoms with Crippen LogP contribution in [0, 0.1) is 0 Å². The normalized spacial score (nSPS) is 11.9. The highest BCUT2D eigenvalue weighted by molar-refractivity contribution is 7.26. The number of hydrogen-bond acceptors (Lipinski definition) is 5. The molecule has 0 saturated carbocycles. The van der Waals surface area contributed by atoms with E-state index in [-0.39, 0.29) is 0 Å². The summed E-state index contributed by atoms with van der Waals surface area (Å²) in [5.74, 6) is 2.01. The molecule has 0 N–H and O–H groups in total. The van der Waals surface area contributed by atoms with E-state index in [0.29, 0.717) is 17.5 Å². The van der Waals surface area contributed by atoms with Gasteiger partial charge in [0.1, 0.15) is 0 Å². The van der Waals surface area contributed by atoms with E-state index in [1.54, 1.807) is 11.3 Å². The molecule has 0 amide bonds. The van der Waals surface area contributed by atoms with Crippen LogP contribution < -0.4 is 0 Å². The van der Waals surface area contributed by atoms with Gasteiger partial charge in [0.25, 0.3) is 0 Å². The van der Waals surface area contributed by atoms with E-state index in [2.05, 4.69) is 150 Å². The molecule has 0 unspecified atom stereocenters. The molecule has 0 saturated heterocycles. The minimum absolute atomic E-state index is 0.665. The summed E-state index contributed by atoms with van der Waals surface area (Å²) in [6.45, 7) is 0. The summed E-state index contributed by atoms with van der Waals surface area (Å²) >= 11 is 3.68. The molecule has 12 aromatic rings. The summed E-state index contributed by atoms with van der Waals surface area (Å²) in [6, 6.07) is 64.9. The van der Waals surface area contributed by atoms with Crippen LogP contribution in [0.25, 0.3) is 113 Å². The number of fused-ring (bicyclic) bond motifs is 9. The van der Waals surface area contributed by atoms with Gasteiger partial charge in [-0.1, -0.05) is 140 Å². The lowest BCUT2D eigenvalue weighted by atomic mass is 10.0. The van der Waals surface area contributed by atoms with Crippen LogP contribution in [0.1, 0.15) is 0 Å². The Balaban J connectivity index is 0.983. The standard InChI is InChI=1S/C51H30N4S2/c1-3-13-31(14-4-1)49-52-50(32-15-5-2-6-16-32)54-51(53-49)40-21-11-19-39-41-29-33(26-28-45(41)56-47(39)40)34-25-27-37-38-20-12-24-44(48(38)57-46(37)30-34)55-42-22-9-7-17-35(42)36-18-8-10-23-43(36)55/h1-30H. The van der Waals surface area contributed by atoms with Crippen molar-refractivity contribution in [2.24, 2.45) is 0 Å². The molecule has 8 aromatic carbocycles. The minimum Gasteiger partial charge on any atom is -0.308 e. The molecule has 0 spiro atoms. The van der Waals surface area contributed by atoms with Gasteiger partial charge >= 0.3 is 0 Å². The Morgan fingerprint density at radius 2 is 0.877 bits per heavy atom. The maximum atomic E-state index is 5.07. The molecule has 266 valence electrons. The Morgan fingerprint density at radius 1 is 0.333 bits per heavy atom. The highest BCUT2D eigenvalue weighted by Crippen LogP contribution is 2.44. The lowest BCUT2D eigenvalue weighted by molar-refractivity contribution is 1.08. The Morgan fingerprint density at radius 3 is 1.58 bits per heavy atom. The quantitative estimate of drug-likeness (QED) is 0.175. The summed E-state index contributed by atoms with van der Waals surface area (Å²) in [5.41, 5.74) is 9.03. The molecule has 0 aliphatic carbocycles. The number of thiophene rings is 2. The zero-order valence-electron chi connectivity index (χ0n) is 30.4. The third-order valence-electron chi connectivity index (χ3n) is 11.1. The van der Waals surface area contributed by atoms with Crippen LogP contribution >= 0.6 is 22.7 Å². The van der Waals surface area contributed by atoms with Gasteiger partial charge in [0.15, 0.2) is 17.5 Å². The predicted octanol–water partition coefficient (Wildman–Crippen LogP) is 14.4. The molecule has 57 heavy (non-hydrogen) atoms. The van der Waals surface area contributed by atoms with Crippen molar-refractivity contribution >= 4 is 84.8 Å². The molecule has 4 nitrogen and oxygen atoms in total. The second-order valence-electron chi connectivity index (χ2n) is 14.4. The fraction of sp³-hybridized carbons (Fsp3) is 0. The number of para-hydroxylation sites is 2. The van der Waals surface area contributed by atoms with Gasteiger partial charge in [-0.2, -0.15) is 0 Å². The maximum Gasteiger partial charge on any atom is 0.165 e. The lowest BCUT2D eigenvalue weighted by Gasteiger charge is -2.09. The van der Waals surface area contributed by atoms with Gasteiger partial charge in [0, 0.05) is 63.1 Å². The van der Waals surface area contributed by atoms with E-state index >= 15 is 0 Å². The van der Waals surface area contributed by atoms with Crippen LogP contribution in [0.15, 0.2) is 182 Å². The van der Waals surface area contributed by atoms with Crippen molar-refractivity contribution in [1.82, 2.24) is 19.5 Å². The van der Waals surface area contributed by atoms with Gasteiger partial charge in [-0.25, -0.2) is 15.0 Å². The average molecular weight is 763 g/mol. The topological polar surface area (TPSA) is 43.6 Å². The Labute approximate surface area is 335 Å². The lowest BCUT2D eigenvalue weighted by Crippen LogP contribution is -2.00. The zero-order chi connectivity index (χ0) is 37.5. The van der Waals surface area contributed by atoms with Crippen LogP contribution in [-0.2, 0) is 0 Å². The number of benzene rings is 8. The van der Waals surface area contributed by atoms with Crippen molar-refractivity contribution in [3.8, 4) is 51.0 Å². The Bertz CT molecular complexity index is 3410. The van der Waals surface area contributed by atoms with E-state index in [4.69, 9.17) is 15.0 Å². The van der Waals surface area contributed by atoms with Crippen molar-refractivity contribution in [2.45, 2.75) is 0 Å². The molecule has 0 atom stereocenters. The first kappa shape index (κ1) is 32.3. The summed E-state index contributed by atoms with van der Waals surface area (Å²) in [6.07, 6.45) is 0. The van der Waals surface area contributed by atoms with Crippen LogP contribution in [0.2, 0.25) is 0 Å². The first-order valence-electron chi connectivity index (χ1n) is 19.0. The molecule has 12 rings (SSSR count). The van der Waals surface area contributed by atoms with Gasteiger partial charge in [0.05, 0.1) is 21.4 Å². The van der Waals surface area contributed by atoms with Gasteiger partial charge in [-0.3, -0.25) is 0 Å². The van der Waals surface area contributed by atoms with Gasteiger partial charge in [-0.05, 0) is 53.6 Å². The Hall–Kier alpha value is -6.99. The summed E-state index contributed by atoms with van der Waals surface area (Å²) < 4.78 is 7.43. The minimum atomic E-state index is 0.665. The molecular weight excluding hydrogens is 733 g/mol. The summed E-state index contributed by atoms with van der Waals surface area (Å²) in [5, 5.41) is 7.57. The molecule has 0 radical (unpaired) electrons. The largest absolute Gasteiger partial charge is 0.308 e. The molecular formula is C51H30N4S2. The molecule has 0 fully saturated rings. The number of aromatic nitrogens is 4. The van der Waals surface area contributed by atoms with Crippen LogP contribution in [0.4, 0.5) is 0 Å². The smallest absolute Gasteiger partial charge is 0.165 e. The molecule has 4 aromatic heterocycles. The van der Waals surface area contributed by atoms with Gasteiger partial charge in [0.2, 0.25) is 0 Å². The highest BCUT2D eigenvalue weighted by atomic mass is 32.1. The van der Waals surface area contributed by atoms with E-state index in [9.17, 15) is 0 Å². The van der Waals surface area contributed by atoms with E-state index in [0.717, 1.165) is 16.7 Å². The van der Waals surface area contributed by atoms with E-state index in [1.165, 1.54) is 79.0 Å². The number of hydrogen-bond donors (Lipinski definition) is 0. The predicted molar refractivity (Wildman–Crippen MR) is 242 cm³/mol. The summed E-state index contributed by atoms with van der Waals surface area (Å²) in [7, 11) is 0. The molecule has 0 aliphatic rings. The Kier molecular flexibility index (Phi) is 7.24. The summed E-state index contributed by atoms with van der Waals surface area (Å²) in [4.78, 5) is 15.1.